The minimum absolute atomic E-state index is 0.00280. The second-order valence-corrected chi connectivity index (χ2v) is 11.5. The van der Waals surface area contributed by atoms with Crippen LogP contribution < -0.4 is 5.49 Å². The van der Waals surface area contributed by atoms with E-state index in [-0.39, 0.29) is 16.3 Å². The molecular weight excluding hydrogens is 398 g/mol. The molecular formula is C26H41N5O. The van der Waals surface area contributed by atoms with Gasteiger partial charge in [0.15, 0.2) is 11.1 Å². The Morgan fingerprint density at radius 1 is 1.22 bits per heavy atom. The monoisotopic (exact) mass is 439 g/mol. The quantitative estimate of drug-likeness (QED) is 0.646. The highest BCUT2D eigenvalue weighted by atomic mass is 16.3. The van der Waals surface area contributed by atoms with Gasteiger partial charge in [0.2, 0.25) is 0 Å². The Balaban J connectivity index is 1.50. The molecule has 6 heteroatoms. The highest BCUT2D eigenvalue weighted by Crippen LogP contribution is 2.62. The van der Waals surface area contributed by atoms with E-state index in [0.29, 0.717) is 18.4 Å². The molecule has 2 fully saturated rings. The van der Waals surface area contributed by atoms with Crippen LogP contribution in [0.1, 0.15) is 79.6 Å². The van der Waals surface area contributed by atoms with Gasteiger partial charge in [-0.25, -0.2) is 9.97 Å². The number of allylic oxidation sites excluding steroid dienone is 2. The number of fused-ring (bicyclic) bond motifs is 2. The van der Waals surface area contributed by atoms with Crippen molar-refractivity contribution in [1.29, 1.82) is 5.41 Å². The summed E-state index contributed by atoms with van der Waals surface area (Å²) in [6.45, 7) is 12.3. The summed E-state index contributed by atoms with van der Waals surface area (Å²) in [5.41, 5.74) is 2.83. The highest BCUT2D eigenvalue weighted by molar-refractivity contribution is 5.69. The molecule has 4 atom stereocenters. The van der Waals surface area contributed by atoms with E-state index >= 15 is 0 Å². The summed E-state index contributed by atoms with van der Waals surface area (Å²) in [6, 6.07) is 0. The van der Waals surface area contributed by atoms with Crippen LogP contribution in [0.15, 0.2) is 24.3 Å². The Bertz CT molecular complexity index is 1080. The van der Waals surface area contributed by atoms with Crippen molar-refractivity contribution in [1.82, 2.24) is 19.1 Å². The van der Waals surface area contributed by atoms with E-state index in [4.69, 9.17) is 5.41 Å². The zero-order valence-corrected chi connectivity index (χ0v) is 20.8. The first-order valence-corrected chi connectivity index (χ1v) is 12.3. The smallest absolute Gasteiger partial charge is 0.174 e. The minimum atomic E-state index is -0.535. The predicted molar refractivity (Wildman–Crippen MR) is 128 cm³/mol. The number of imidazole rings is 1. The summed E-state index contributed by atoms with van der Waals surface area (Å²) < 4.78 is 3.88. The molecule has 2 heterocycles. The fourth-order valence-corrected chi connectivity index (χ4v) is 6.69. The third-order valence-corrected chi connectivity index (χ3v) is 9.35. The van der Waals surface area contributed by atoms with E-state index in [0.717, 1.165) is 49.7 Å². The second-order valence-electron chi connectivity index (χ2n) is 11.5. The van der Waals surface area contributed by atoms with Gasteiger partial charge in [-0.05, 0) is 68.1 Å². The molecule has 176 valence electrons. The Morgan fingerprint density at radius 3 is 2.72 bits per heavy atom. The van der Waals surface area contributed by atoms with E-state index in [1.807, 2.05) is 22.5 Å². The molecule has 2 aliphatic rings. The minimum Gasteiger partial charge on any atom is -0.389 e. The van der Waals surface area contributed by atoms with Gasteiger partial charge in [0.1, 0.15) is 5.52 Å². The summed E-state index contributed by atoms with van der Waals surface area (Å²) in [7, 11) is 1.91. The van der Waals surface area contributed by atoms with Crippen LogP contribution in [0.2, 0.25) is 0 Å². The van der Waals surface area contributed by atoms with E-state index in [9.17, 15) is 5.11 Å². The largest absolute Gasteiger partial charge is 0.389 e. The highest BCUT2D eigenvalue weighted by Gasteiger charge is 2.60. The zero-order valence-electron chi connectivity index (χ0n) is 20.8. The molecule has 2 aromatic rings. The number of aromatic nitrogens is 4. The lowest BCUT2D eigenvalue weighted by Crippen LogP contribution is -2.62. The van der Waals surface area contributed by atoms with Crippen LogP contribution in [0, 0.1) is 28.1 Å². The molecule has 0 amide bonds. The molecule has 6 nitrogen and oxygen atoms in total. The molecule has 0 saturated heterocycles. The first kappa shape index (κ1) is 23.2. The SMILES string of the molecule is C/C(=C\Cn1cnc2c1c(=N)ncn2C)CC[C@@]1(C)[C@H](C)CC[C@]2(O)[C@@H]1CCCC2(C)C. The molecule has 0 bridgehead atoms. The molecule has 0 aliphatic heterocycles. The van der Waals surface area contributed by atoms with Gasteiger partial charge in [0, 0.05) is 13.6 Å². The van der Waals surface area contributed by atoms with Gasteiger partial charge >= 0.3 is 0 Å². The van der Waals surface area contributed by atoms with Gasteiger partial charge in [-0.3, -0.25) is 5.41 Å². The predicted octanol–water partition coefficient (Wildman–Crippen LogP) is 4.97. The van der Waals surface area contributed by atoms with Crippen molar-refractivity contribution in [2.24, 2.45) is 29.7 Å². The van der Waals surface area contributed by atoms with Crippen molar-refractivity contribution < 1.29 is 5.11 Å². The Morgan fingerprint density at radius 2 is 1.97 bits per heavy atom. The fourth-order valence-electron chi connectivity index (χ4n) is 6.69. The maximum absolute atomic E-state index is 11.9. The molecule has 2 N–H and O–H groups in total. The van der Waals surface area contributed by atoms with Crippen LogP contribution in [-0.4, -0.2) is 29.8 Å². The number of hydrogen-bond acceptors (Lipinski definition) is 4. The van der Waals surface area contributed by atoms with Crippen molar-refractivity contribution >= 4 is 11.2 Å². The lowest BCUT2D eigenvalue weighted by atomic mass is 9.45. The molecule has 32 heavy (non-hydrogen) atoms. The van der Waals surface area contributed by atoms with Gasteiger partial charge in [0.05, 0.1) is 18.3 Å². The first-order valence-electron chi connectivity index (χ1n) is 12.3. The van der Waals surface area contributed by atoms with Crippen LogP contribution in [0.5, 0.6) is 0 Å². The number of aliphatic hydroxyl groups is 1. The standard InChI is InChI=1S/C26H41N5O/c1-18(11-15-31-17-29-23-21(31)22(27)28-16-30(23)6)9-13-25(5)19(2)10-14-26(32)20(25)8-7-12-24(26,3)4/h11,16-17,19-20,27,32H,7-10,12-15H2,1-6H3/b18-11+,27-22?/t19-,20-,25+,26+/m1/s1. The maximum atomic E-state index is 11.9. The lowest BCUT2D eigenvalue weighted by Gasteiger charge is -2.62. The average molecular weight is 440 g/mol. The van der Waals surface area contributed by atoms with Crippen molar-refractivity contribution in [3.8, 4) is 0 Å². The van der Waals surface area contributed by atoms with Gasteiger partial charge in [-0.15, -0.1) is 0 Å². The number of nitrogens with zero attached hydrogens (tertiary/aromatic N) is 4. The lowest BCUT2D eigenvalue weighted by molar-refractivity contribution is -0.212. The number of rotatable bonds is 5. The van der Waals surface area contributed by atoms with Crippen molar-refractivity contribution in [3.63, 3.8) is 0 Å². The van der Waals surface area contributed by atoms with Gasteiger partial charge in [0.25, 0.3) is 0 Å². The summed E-state index contributed by atoms with van der Waals surface area (Å²) in [5.74, 6) is 1.01. The van der Waals surface area contributed by atoms with Crippen LogP contribution in [0.4, 0.5) is 0 Å². The molecule has 4 rings (SSSR count). The molecule has 0 unspecified atom stereocenters. The zero-order chi connectivity index (χ0) is 23.3. The van der Waals surface area contributed by atoms with E-state index in [2.05, 4.69) is 50.7 Å². The van der Waals surface area contributed by atoms with Crippen LogP contribution in [0.25, 0.3) is 11.2 Å². The van der Waals surface area contributed by atoms with E-state index in [1.165, 1.54) is 12.0 Å². The maximum Gasteiger partial charge on any atom is 0.174 e. The van der Waals surface area contributed by atoms with E-state index in [1.54, 1.807) is 6.33 Å². The molecule has 0 radical (unpaired) electrons. The third kappa shape index (κ3) is 3.64. The molecule has 2 aromatic heterocycles. The van der Waals surface area contributed by atoms with Crippen LogP contribution in [0.3, 0.4) is 0 Å². The Hall–Kier alpha value is -1.95. The average Bonchev–Trinajstić information content (AvgIpc) is 3.18. The Labute approximate surface area is 192 Å². The Kier molecular flexibility index (Phi) is 5.89. The van der Waals surface area contributed by atoms with Crippen LogP contribution in [-0.2, 0) is 13.6 Å². The van der Waals surface area contributed by atoms with Gasteiger partial charge < -0.3 is 14.2 Å². The fraction of sp³-hybridized carbons (Fsp3) is 0.731. The van der Waals surface area contributed by atoms with E-state index < -0.39 is 5.60 Å². The molecule has 0 spiro atoms. The van der Waals surface area contributed by atoms with Gasteiger partial charge in [-0.1, -0.05) is 45.8 Å². The topological polar surface area (TPSA) is 79.7 Å². The number of aryl methyl sites for hydroxylation is 1. The molecule has 2 saturated carbocycles. The van der Waals surface area contributed by atoms with Crippen molar-refractivity contribution in [3.05, 3.63) is 29.8 Å². The van der Waals surface area contributed by atoms with Crippen LogP contribution >= 0.6 is 0 Å². The summed E-state index contributed by atoms with van der Waals surface area (Å²) in [5, 5.41) is 20.0. The third-order valence-electron chi connectivity index (χ3n) is 9.35. The van der Waals surface area contributed by atoms with Crippen molar-refractivity contribution in [2.45, 2.75) is 91.7 Å². The molecule has 2 aliphatic carbocycles. The first-order chi connectivity index (χ1) is 15.0. The van der Waals surface area contributed by atoms with Crippen molar-refractivity contribution in [2.75, 3.05) is 0 Å². The number of hydrogen-bond donors (Lipinski definition) is 2. The second kappa shape index (κ2) is 8.12. The molecule has 0 aromatic carbocycles. The summed E-state index contributed by atoms with van der Waals surface area (Å²) in [6.07, 6.45) is 13.5. The normalized spacial score (nSPS) is 32.8. The number of nitrogens with one attached hydrogen (secondary N) is 1. The summed E-state index contributed by atoms with van der Waals surface area (Å²) >= 11 is 0. The van der Waals surface area contributed by atoms with Gasteiger partial charge in [-0.2, -0.15) is 0 Å². The summed E-state index contributed by atoms with van der Waals surface area (Å²) in [4.78, 5) is 8.64.